The maximum atomic E-state index is 13.2. The summed E-state index contributed by atoms with van der Waals surface area (Å²) < 4.78 is 12.1. The van der Waals surface area contributed by atoms with Crippen LogP contribution in [0, 0.1) is 22.7 Å². The van der Waals surface area contributed by atoms with Crippen LogP contribution in [0.3, 0.4) is 0 Å². The molecule has 6 aliphatic rings. The van der Waals surface area contributed by atoms with Crippen molar-refractivity contribution >= 4 is 5.97 Å². The molecule has 35 heavy (non-hydrogen) atoms. The van der Waals surface area contributed by atoms with Gasteiger partial charge >= 0.3 is 5.97 Å². The first-order valence-electron chi connectivity index (χ1n) is 12.4. The highest BCUT2D eigenvalue weighted by atomic mass is 16.7. The molecule has 0 unspecified atom stereocenters. The molecule has 194 valence electrons. The van der Waals surface area contributed by atoms with Crippen LogP contribution >= 0.6 is 0 Å². The molecule has 11 atom stereocenters. The fourth-order valence-electron chi connectivity index (χ4n) is 9.56. The van der Waals surface area contributed by atoms with E-state index in [1.165, 1.54) is 26.1 Å². The third kappa shape index (κ3) is 1.74. The van der Waals surface area contributed by atoms with Gasteiger partial charge in [-0.15, -0.1) is 0 Å². The molecule has 0 amide bonds. The number of aromatic amines is 1. The summed E-state index contributed by atoms with van der Waals surface area (Å²) in [5.74, 6) is -4.34. The van der Waals surface area contributed by atoms with Crippen LogP contribution in [0.4, 0.5) is 0 Å². The maximum Gasteiger partial charge on any atom is 0.355 e. The number of aliphatic hydroxyl groups is 6. The third-order valence-electron chi connectivity index (χ3n) is 11.3. The lowest BCUT2D eigenvalue weighted by Crippen LogP contribution is -2.75. The van der Waals surface area contributed by atoms with Crippen LogP contribution in [-0.4, -0.2) is 87.6 Å². The summed E-state index contributed by atoms with van der Waals surface area (Å²) in [6, 6.07) is 3.06. The summed E-state index contributed by atoms with van der Waals surface area (Å²) in [6.07, 6.45) is -1.63. The molecule has 2 aliphatic heterocycles. The van der Waals surface area contributed by atoms with E-state index in [0.717, 1.165) is 0 Å². The SMILES string of the molecule is CC(C)[C@@]1(O)[C@@H](OC(=O)c2ccc[nH]2)[C@]2(O)[C@]3(C)C[C@@]4(O)O[C@]5([C@H](O)[C@@H](C)CC[C@]35O)[C@@]2(O)[C@]41C. The van der Waals surface area contributed by atoms with Gasteiger partial charge in [-0.25, -0.2) is 4.79 Å². The van der Waals surface area contributed by atoms with E-state index < -0.39 is 74.6 Å². The van der Waals surface area contributed by atoms with Gasteiger partial charge in [0.25, 0.3) is 0 Å². The molecule has 1 aromatic rings. The number of carbonyl (C=O) groups excluding carboxylic acids is 1. The minimum Gasteiger partial charge on any atom is -0.451 e. The van der Waals surface area contributed by atoms with Gasteiger partial charge in [-0.1, -0.05) is 27.7 Å². The van der Waals surface area contributed by atoms with E-state index in [4.69, 9.17) is 9.47 Å². The van der Waals surface area contributed by atoms with Crippen LogP contribution in [0.15, 0.2) is 18.3 Å². The van der Waals surface area contributed by atoms with Crippen molar-refractivity contribution in [2.24, 2.45) is 22.7 Å². The molecule has 6 fully saturated rings. The molecule has 0 aromatic carbocycles. The first-order chi connectivity index (χ1) is 16.0. The van der Waals surface area contributed by atoms with Gasteiger partial charge in [0.1, 0.15) is 28.1 Å². The van der Waals surface area contributed by atoms with Crippen molar-refractivity contribution in [1.29, 1.82) is 0 Å². The van der Waals surface area contributed by atoms with Gasteiger partial charge < -0.3 is 45.1 Å². The van der Waals surface area contributed by atoms with E-state index in [1.54, 1.807) is 26.8 Å². The molecule has 10 nitrogen and oxygen atoms in total. The van der Waals surface area contributed by atoms with Crippen molar-refractivity contribution in [3.05, 3.63) is 24.0 Å². The summed E-state index contributed by atoms with van der Waals surface area (Å²) >= 11 is 0. The topological polar surface area (TPSA) is 173 Å². The van der Waals surface area contributed by atoms with Crippen molar-refractivity contribution in [1.82, 2.24) is 4.98 Å². The first kappa shape index (κ1) is 23.8. The largest absolute Gasteiger partial charge is 0.451 e. The number of rotatable bonds is 3. The number of ether oxygens (including phenoxy) is 2. The molecule has 4 aliphatic carbocycles. The summed E-state index contributed by atoms with van der Waals surface area (Å²) in [6.45, 7) is 7.91. The number of carbonyl (C=O) groups is 1. The Bertz CT molecular complexity index is 1130. The van der Waals surface area contributed by atoms with E-state index in [2.05, 4.69) is 4.98 Å². The lowest BCUT2D eigenvalue weighted by Gasteiger charge is -2.60. The number of hydrogen-bond donors (Lipinski definition) is 7. The first-order valence-corrected chi connectivity index (χ1v) is 12.4. The molecule has 1 aromatic heterocycles. The second-order valence-corrected chi connectivity index (χ2v) is 12.4. The number of nitrogens with one attached hydrogen (secondary N) is 1. The lowest BCUT2D eigenvalue weighted by atomic mass is 9.52. The van der Waals surface area contributed by atoms with Gasteiger partial charge in [-0.2, -0.15) is 0 Å². The smallest absolute Gasteiger partial charge is 0.355 e. The van der Waals surface area contributed by atoms with Crippen LogP contribution in [0.1, 0.15) is 64.4 Å². The van der Waals surface area contributed by atoms with Gasteiger partial charge in [0.2, 0.25) is 0 Å². The zero-order chi connectivity index (χ0) is 25.8. The number of hydrogen-bond acceptors (Lipinski definition) is 9. The second-order valence-electron chi connectivity index (χ2n) is 12.4. The van der Waals surface area contributed by atoms with Crippen LogP contribution in [0.2, 0.25) is 0 Å². The fourth-order valence-corrected chi connectivity index (χ4v) is 9.56. The predicted octanol–water partition coefficient (Wildman–Crippen LogP) is -0.188. The average Bonchev–Trinajstić information content (AvgIpc) is 3.41. The quantitative estimate of drug-likeness (QED) is 0.282. The molecule has 1 spiro atoms. The second kappa shape index (κ2) is 5.96. The van der Waals surface area contributed by atoms with Gasteiger partial charge in [0.05, 0.1) is 11.5 Å². The van der Waals surface area contributed by atoms with Crippen LogP contribution in [0.25, 0.3) is 0 Å². The molecule has 0 radical (unpaired) electrons. The van der Waals surface area contributed by atoms with E-state index in [-0.39, 0.29) is 18.5 Å². The lowest BCUT2D eigenvalue weighted by molar-refractivity contribution is -0.390. The Morgan fingerprint density at radius 2 is 1.86 bits per heavy atom. The monoisotopic (exact) mass is 493 g/mol. The molecular weight excluding hydrogens is 458 g/mol. The Kier molecular flexibility index (Phi) is 4.06. The molecule has 7 N–H and O–H groups in total. The summed E-state index contributed by atoms with van der Waals surface area (Å²) in [5.41, 5.74) is -15.2. The molecule has 4 saturated carbocycles. The van der Waals surface area contributed by atoms with Gasteiger partial charge in [0, 0.05) is 18.0 Å². The van der Waals surface area contributed by atoms with Crippen LogP contribution in [0.5, 0.6) is 0 Å². The highest BCUT2D eigenvalue weighted by Gasteiger charge is 3.10. The Morgan fingerprint density at radius 3 is 2.43 bits per heavy atom. The van der Waals surface area contributed by atoms with Crippen LogP contribution < -0.4 is 0 Å². The Balaban J connectivity index is 1.69. The molecular formula is C25H35NO9. The van der Waals surface area contributed by atoms with Crippen molar-refractivity contribution < 1.29 is 44.9 Å². The van der Waals surface area contributed by atoms with Gasteiger partial charge in [-0.3, -0.25) is 0 Å². The maximum absolute atomic E-state index is 13.2. The fraction of sp³-hybridized carbons (Fsp3) is 0.800. The van der Waals surface area contributed by atoms with E-state index in [9.17, 15) is 35.4 Å². The summed E-state index contributed by atoms with van der Waals surface area (Å²) in [5, 5.41) is 73.9. The minimum atomic E-state index is -2.59. The highest BCUT2D eigenvalue weighted by molar-refractivity contribution is 5.87. The zero-order valence-electron chi connectivity index (χ0n) is 20.6. The summed E-state index contributed by atoms with van der Waals surface area (Å²) in [7, 11) is 0. The van der Waals surface area contributed by atoms with Gasteiger partial charge in [-0.05, 0) is 43.7 Å². The number of aromatic nitrogens is 1. The number of aliphatic hydroxyl groups excluding tert-OH is 1. The summed E-state index contributed by atoms with van der Waals surface area (Å²) in [4.78, 5) is 15.9. The highest BCUT2D eigenvalue weighted by Crippen LogP contribution is 2.90. The third-order valence-corrected chi connectivity index (χ3v) is 11.3. The standard InChI is InChI=1S/C25H35NO9/c1-12(2)22(31)17(34-16(28)14-7-6-10-26-14)23(32)18(4)11-21(30)19(22,5)25(23,33)24(35-21)15(27)13(3)8-9-20(18,24)29/h6-7,10,12-13,15,17,26-27,29-33H,8-9,11H2,1-5H3/t13-,15+,17+,18+,19+,20-,21+,22+,23-,24-,25+/m0/s1. The Labute approximate surface area is 202 Å². The van der Waals surface area contributed by atoms with Gasteiger partial charge in [0.15, 0.2) is 17.5 Å². The molecule has 3 heterocycles. The van der Waals surface area contributed by atoms with E-state index in [0.29, 0.717) is 6.42 Å². The van der Waals surface area contributed by atoms with E-state index >= 15 is 0 Å². The Hall–Kier alpha value is -1.53. The van der Waals surface area contributed by atoms with Crippen molar-refractivity contribution in [3.8, 4) is 0 Å². The van der Waals surface area contributed by atoms with Crippen LogP contribution in [-0.2, 0) is 9.47 Å². The molecule has 7 rings (SSSR count). The molecule has 2 saturated heterocycles. The predicted molar refractivity (Wildman–Crippen MR) is 119 cm³/mol. The zero-order valence-corrected chi connectivity index (χ0v) is 20.6. The average molecular weight is 494 g/mol. The molecule has 6 bridgehead atoms. The molecule has 10 heteroatoms. The normalized spacial score (nSPS) is 59.8. The van der Waals surface area contributed by atoms with Crippen molar-refractivity contribution in [3.63, 3.8) is 0 Å². The Morgan fingerprint density at radius 1 is 1.20 bits per heavy atom. The number of H-pyrrole nitrogens is 1. The van der Waals surface area contributed by atoms with E-state index in [1.807, 2.05) is 0 Å². The van der Waals surface area contributed by atoms with Crippen molar-refractivity contribution in [2.45, 2.75) is 99.9 Å². The number of esters is 1. The minimum absolute atomic E-state index is 0.0654. The van der Waals surface area contributed by atoms with Crippen molar-refractivity contribution in [2.75, 3.05) is 0 Å².